The number of hydrogen-bond acceptors (Lipinski definition) is 3. The molecule has 0 saturated carbocycles. The first-order valence-corrected chi connectivity index (χ1v) is 5.11. The molecule has 1 saturated heterocycles. The lowest BCUT2D eigenvalue weighted by atomic mass is 10.0. The molecule has 1 atom stereocenters. The van der Waals surface area contributed by atoms with Gasteiger partial charge in [-0.05, 0) is 19.1 Å². The Bertz CT molecular complexity index is 417. The Kier molecular flexibility index (Phi) is 2.01. The Hall–Kier alpha value is -1.07. The van der Waals surface area contributed by atoms with Crippen molar-refractivity contribution in [1.29, 1.82) is 0 Å². The third kappa shape index (κ3) is 1.29. The predicted octanol–water partition coefficient (Wildman–Crippen LogP) is 1.46. The fourth-order valence-electron chi connectivity index (χ4n) is 1.30. The summed E-state index contributed by atoms with van der Waals surface area (Å²) in [6.07, 6.45) is 0. The first-order valence-electron chi connectivity index (χ1n) is 3.92. The zero-order valence-electron chi connectivity index (χ0n) is 7.26. The van der Waals surface area contributed by atoms with Gasteiger partial charge in [-0.25, -0.2) is 4.79 Å². The van der Waals surface area contributed by atoms with Crippen LogP contribution in [0.5, 0.6) is 0 Å². The van der Waals surface area contributed by atoms with Gasteiger partial charge in [-0.1, -0.05) is 11.6 Å². The van der Waals surface area contributed by atoms with Gasteiger partial charge in [0, 0.05) is 4.88 Å². The number of halogens is 1. The molecule has 1 aliphatic rings. The molecule has 0 spiro atoms. The van der Waals surface area contributed by atoms with Gasteiger partial charge in [0.25, 0.3) is 5.91 Å². The molecule has 2 heterocycles. The van der Waals surface area contributed by atoms with Crippen LogP contribution < -0.4 is 10.6 Å². The van der Waals surface area contributed by atoms with E-state index in [1.54, 1.807) is 19.1 Å². The van der Waals surface area contributed by atoms with E-state index in [0.29, 0.717) is 4.34 Å². The highest BCUT2D eigenvalue weighted by atomic mass is 35.5. The Labute approximate surface area is 89.3 Å². The normalized spacial score (nSPS) is 26.1. The lowest BCUT2D eigenvalue weighted by Crippen LogP contribution is -2.39. The maximum Gasteiger partial charge on any atom is 0.322 e. The number of carbonyl (C=O) groups excluding carboxylic acids is 2. The first kappa shape index (κ1) is 9.48. The summed E-state index contributed by atoms with van der Waals surface area (Å²) < 4.78 is 0.593. The van der Waals surface area contributed by atoms with E-state index in [9.17, 15) is 9.59 Å². The van der Waals surface area contributed by atoms with Crippen LogP contribution >= 0.6 is 22.9 Å². The van der Waals surface area contributed by atoms with Crippen molar-refractivity contribution in [3.63, 3.8) is 0 Å². The van der Waals surface area contributed by atoms with Gasteiger partial charge in [0.05, 0.1) is 4.34 Å². The van der Waals surface area contributed by atoms with Crippen molar-refractivity contribution in [3.8, 4) is 0 Å². The Morgan fingerprint density at radius 2 is 2.14 bits per heavy atom. The van der Waals surface area contributed by atoms with Crippen molar-refractivity contribution in [1.82, 2.24) is 10.6 Å². The molecule has 0 bridgehead atoms. The van der Waals surface area contributed by atoms with E-state index >= 15 is 0 Å². The summed E-state index contributed by atoms with van der Waals surface area (Å²) in [6.45, 7) is 1.65. The number of hydrogen-bond donors (Lipinski definition) is 2. The van der Waals surface area contributed by atoms with Crippen molar-refractivity contribution in [2.24, 2.45) is 0 Å². The zero-order chi connectivity index (χ0) is 10.3. The van der Waals surface area contributed by atoms with E-state index in [2.05, 4.69) is 10.6 Å². The van der Waals surface area contributed by atoms with Crippen molar-refractivity contribution >= 4 is 34.9 Å². The number of thiophene rings is 1. The molecule has 14 heavy (non-hydrogen) atoms. The summed E-state index contributed by atoms with van der Waals surface area (Å²) >= 11 is 7.04. The lowest BCUT2D eigenvalue weighted by molar-refractivity contribution is -0.123. The topological polar surface area (TPSA) is 58.2 Å². The quantitative estimate of drug-likeness (QED) is 0.718. The van der Waals surface area contributed by atoms with E-state index in [1.807, 2.05) is 0 Å². The van der Waals surface area contributed by atoms with E-state index < -0.39 is 11.6 Å². The van der Waals surface area contributed by atoms with Crippen molar-refractivity contribution < 1.29 is 9.59 Å². The Morgan fingerprint density at radius 1 is 1.43 bits per heavy atom. The number of carbonyl (C=O) groups is 2. The third-order valence-corrected chi connectivity index (χ3v) is 3.56. The molecule has 1 aromatic heterocycles. The van der Waals surface area contributed by atoms with Crippen molar-refractivity contribution in [3.05, 3.63) is 21.3 Å². The fourth-order valence-corrected chi connectivity index (χ4v) is 2.44. The summed E-state index contributed by atoms with van der Waals surface area (Å²) in [5, 5.41) is 4.75. The number of nitrogens with one attached hydrogen (secondary N) is 2. The van der Waals surface area contributed by atoms with E-state index in [4.69, 9.17) is 11.6 Å². The summed E-state index contributed by atoms with van der Waals surface area (Å²) in [4.78, 5) is 23.2. The van der Waals surface area contributed by atoms with Gasteiger partial charge in [-0.2, -0.15) is 0 Å². The zero-order valence-corrected chi connectivity index (χ0v) is 8.83. The van der Waals surface area contributed by atoms with E-state index in [0.717, 1.165) is 4.88 Å². The smallest absolute Gasteiger partial charge is 0.319 e. The summed E-state index contributed by atoms with van der Waals surface area (Å²) in [6, 6.07) is 2.96. The van der Waals surface area contributed by atoms with Gasteiger partial charge in [-0.3, -0.25) is 10.1 Å². The second kappa shape index (κ2) is 2.96. The lowest BCUT2D eigenvalue weighted by Gasteiger charge is -2.17. The van der Waals surface area contributed by atoms with Crippen LogP contribution in [-0.2, 0) is 10.3 Å². The van der Waals surface area contributed by atoms with E-state index in [1.165, 1.54) is 11.3 Å². The van der Waals surface area contributed by atoms with Crippen LogP contribution in [0.4, 0.5) is 4.79 Å². The molecule has 2 N–H and O–H groups in total. The number of amides is 3. The summed E-state index contributed by atoms with van der Waals surface area (Å²) in [7, 11) is 0. The van der Waals surface area contributed by atoms with Gasteiger partial charge in [-0.15, -0.1) is 11.3 Å². The minimum absolute atomic E-state index is 0.346. The maximum atomic E-state index is 11.5. The number of rotatable bonds is 1. The molecule has 0 radical (unpaired) electrons. The molecule has 2 rings (SSSR count). The minimum Gasteiger partial charge on any atom is -0.319 e. The predicted molar refractivity (Wildman–Crippen MR) is 53.4 cm³/mol. The van der Waals surface area contributed by atoms with Gasteiger partial charge in [0.15, 0.2) is 5.54 Å². The highest BCUT2D eigenvalue weighted by Crippen LogP contribution is 2.32. The molecule has 4 nitrogen and oxygen atoms in total. The van der Waals surface area contributed by atoms with Crippen molar-refractivity contribution in [2.75, 3.05) is 0 Å². The molecule has 0 aromatic carbocycles. The average Bonchev–Trinajstić information content (AvgIpc) is 2.59. The highest BCUT2D eigenvalue weighted by Gasteiger charge is 2.44. The first-order chi connectivity index (χ1) is 6.52. The Balaban J connectivity index is 2.42. The third-order valence-electron chi connectivity index (χ3n) is 2.11. The fraction of sp³-hybridized carbons (Fsp3) is 0.250. The molecule has 0 aliphatic carbocycles. The molecule has 6 heteroatoms. The molecular weight excluding hydrogens is 224 g/mol. The molecule has 74 valence electrons. The molecule has 1 aromatic rings. The number of urea groups is 1. The summed E-state index contributed by atoms with van der Waals surface area (Å²) in [5.41, 5.74) is -0.977. The van der Waals surface area contributed by atoms with Crippen LogP contribution in [0, 0.1) is 0 Å². The van der Waals surface area contributed by atoms with Gasteiger partial charge in [0.1, 0.15) is 0 Å². The SMILES string of the molecule is C[C@]1(c2ccc(Cl)s2)NC(=O)NC1=O. The van der Waals surface area contributed by atoms with Crippen LogP contribution in [0.1, 0.15) is 11.8 Å². The monoisotopic (exact) mass is 230 g/mol. The van der Waals surface area contributed by atoms with Crippen LogP contribution in [0.15, 0.2) is 12.1 Å². The molecule has 3 amide bonds. The standard InChI is InChI=1S/C8H7ClN2O2S/c1-8(4-2-3-5(9)14-4)6(12)10-7(13)11-8/h2-3H,1H3,(H2,10,11,12,13)/t8-/m1/s1. The highest BCUT2D eigenvalue weighted by molar-refractivity contribution is 7.16. The van der Waals surface area contributed by atoms with Gasteiger partial charge < -0.3 is 5.32 Å². The molecule has 0 unspecified atom stereocenters. The van der Waals surface area contributed by atoms with Crippen LogP contribution in [0.3, 0.4) is 0 Å². The van der Waals surface area contributed by atoms with Crippen LogP contribution in [-0.4, -0.2) is 11.9 Å². The van der Waals surface area contributed by atoms with E-state index in [-0.39, 0.29) is 5.91 Å². The molecule has 1 fully saturated rings. The molecule has 1 aliphatic heterocycles. The largest absolute Gasteiger partial charge is 0.322 e. The molecular formula is C8H7ClN2O2S. The second-order valence-corrected chi connectivity index (χ2v) is 4.85. The maximum absolute atomic E-state index is 11.5. The number of imide groups is 1. The van der Waals surface area contributed by atoms with Gasteiger partial charge >= 0.3 is 6.03 Å². The Morgan fingerprint density at radius 3 is 2.57 bits per heavy atom. The summed E-state index contributed by atoms with van der Waals surface area (Å²) in [5.74, 6) is -0.346. The minimum atomic E-state index is -0.977. The van der Waals surface area contributed by atoms with Crippen LogP contribution in [0.25, 0.3) is 0 Å². The van der Waals surface area contributed by atoms with Crippen molar-refractivity contribution in [2.45, 2.75) is 12.5 Å². The van der Waals surface area contributed by atoms with Gasteiger partial charge in [0.2, 0.25) is 0 Å². The average molecular weight is 231 g/mol. The second-order valence-electron chi connectivity index (χ2n) is 3.14. The van der Waals surface area contributed by atoms with Crippen LogP contribution in [0.2, 0.25) is 4.34 Å².